The maximum atomic E-state index is 13.5. The second-order valence-electron chi connectivity index (χ2n) is 4.38. The summed E-state index contributed by atoms with van der Waals surface area (Å²) in [4.78, 5) is 12.3. The quantitative estimate of drug-likeness (QED) is 0.805. The lowest BCUT2D eigenvalue weighted by Crippen LogP contribution is -2.15. The summed E-state index contributed by atoms with van der Waals surface area (Å²) in [5.74, 6) is -1.55. The van der Waals surface area contributed by atoms with Crippen LogP contribution in [0.5, 0.6) is 0 Å². The highest BCUT2D eigenvalue weighted by Gasteiger charge is 2.15. The summed E-state index contributed by atoms with van der Waals surface area (Å²) in [6, 6.07) is 8.91. The number of rotatable bonds is 3. The van der Waals surface area contributed by atoms with Crippen molar-refractivity contribution in [2.45, 2.75) is 0 Å². The molecule has 0 saturated carbocycles. The van der Waals surface area contributed by atoms with Crippen molar-refractivity contribution < 1.29 is 13.6 Å². The van der Waals surface area contributed by atoms with Crippen LogP contribution in [0.25, 0.3) is 5.69 Å². The molecule has 0 aliphatic rings. The summed E-state index contributed by atoms with van der Waals surface area (Å²) in [6.45, 7) is 0. The molecule has 3 aromatic rings. The van der Waals surface area contributed by atoms with Gasteiger partial charge in [-0.05, 0) is 52.9 Å². The number of amides is 1. The third-order valence-electron chi connectivity index (χ3n) is 2.90. The Morgan fingerprint density at radius 3 is 2.45 bits per heavy atom. The molecule has 1 amide bonds. The molecule has 0 aliphatic carbocycles. The molecule has 0 bridgehead atoms. The second-order valence-corrected chi connectivity index (χ2v) is 4.38. The van der Waals surface area contributed by atoms with Gasteiger partial charge >= 0.3 is 0 Å². The Labute approximate surface area is 123 Å². The van der Waals surface area contributed by atoms with E-state index in [1.165, 1.54) is 47.4 Å². The van der Waals surface area contributed by atoms with E-state index in [1.807, 2.05) is 0 Å². The SMILES string of the molecule is O=C(Nc1ccc(F)cc1)c1cc(F)ccc1-n1cnnn1. The molecular formula is C14H9F2N5O. The number of benzene rings is 2. The number of halogens is 2. The van der Waals surface area contributed by atoms with Crippen molar-refractivity contribution in [3.8, 4) is 5.69 Å². The van der Waals surface area contributed by atoms with Crippen LogP contribution in [0.2, 0.25) is 0 Å². The fourth-order valence-electron chi connectivity index (χ4n) is 1.89. The van der Waals surface area contributed by atoms with Crippen LogP contribution in [0, 0.1) is 11.6 Å². The fraction of sp³-hybridized carbons (Fsp3) is 0. The van der Waals surface area contributed by atoms with Gasteiger partial charge in [0.2, 0.25) is 0 Å². The zero-order chi connectivity index (χ0) is 15.5. The Kier molecular flexibility index (Phi) is 3.57. The van der Waals surface area contributed by atoms with Crippen LogP contribution in [0.3, 0.4) is 0 Å². The number of carbonyl (C=O) groups is 1. The first-order chi connectivity index (χ1) is 10.6. The maximum absolute atomic E-state index is 13.5. The summed E-state index contributed by atoms with van der Waals surface area (Å²) in [6.07, 6.45) is 1.29. The van der Waals surface area contributed by atoms with Gasteiger partial charge in [0.15, 0.2) is 0 Å². The number of hydrogen-bond acceptors (Lipinski definition) is 4. The van der Waals surface area contributed by atoms with Crippen molar-refractivity contribution in [3.05, 3.63) is 66.0 Å². The molecule has 22 heavy (non-hydrogen) atoms. The molecule has 0 radical (unpaired) electrons. The number of carbonyl (C=O) groups excluding carboxylic acids is 1. The molecule has 6 nitrogen and oxygen atoms in total. The van der Waals surface area contributed by atoms with Gasteiger partial charge in [-0.1, -0.05) is 0 Å². The van der Waals surface area contributed by atoms with E-state index >= 15 is 0 Å². The van der Waals surface area contributed by atoms with Crippen molar-refractivity contribution in [1.29, 1.82) is 0 Å². The minimum absolute atomic E-state index is 0.0524. The molecular weight excluding hydrogens is 292 g/mol. The lowest BCUT2D eigenvalue weighted by molar-refractivity contribution is 0.102. The van der Waals surface area contributed by atoms with Gasteiger partial charge in [0.1, 0.15) is 18.0 Å². The molecule has 0 spiro atoms. The Hall–Kier alpha value is -3.16. The molecule has 0 aliphatic heterocycles. The van der Waals surface area contributed by atoms with Crippen LogP contribution in [0.4, 0.5) is 14.5 Å². The summed E-state index contributed by atoms with van der Waals surface area (Å²) in [5, 5.41) is 13.2. The molecule has 0 saturated heterocycles. The maximum Gasteiger partial charge on any atom is 0.257 e. The van der Waals surface area contributed by atoms with Crippen LogP contribution in [-0.4, -0.2) is 26.1 Å². The Morgan fingerprint density at radius 2 is 1.77 bits per heavy atom. The van der Waals surface area contributed by atoms with E-state index in [1.54, 1.807) is 0 Å². The van der Waals surface area contributed by atoms with Crippen LogP contribution in [0.15, 0.2) is 48.8 Å². The molecule has 0 atom stereocenters. The topological polar surface area (TPSA) is 72.7 Å². The number of aromatic nitrogens is 4. The van der Waals surface area contributed by atoms with Gasteiger partial charge in [-0.2, -0.15) is 4.68 Å². The van der Waals surface area contributed by atoms with Crippen molar-refractivity contribution in [2.24, 2.45) is 0 Å². The van der Waals surface area contributed by atoms with Crippen LogP contribution < -0.4 is 5.32 Å². The Bertz CT molecular complexity index is 803. The van der Waals surface area contributed by atoms with Gasteiger partial charge in [-0.15, -0.1) is 5.10 Å². The van der Waals surface area contributed by atoms with E-state index in [0.29, 0.717) is 11.4 Å². The molecule has 1 N–H and O–H groups in total. The Morgan fingerprint density at radius 1 is 1.05 bits per heavy atom. The van der Waals surface area contributed by atoms with Gasteiger partial charge in [0.05, 0.1) is 11.3 Å². The van der Waals surface area contributed by atoms with Crippen molar-refractivity contribution in [3.63, 3.8) is 0 Å². The van der Waals surface area contributed by atoms with Gasteiger partial charge < -0.3 is 5.32 Å². The van der Waals surface area contributed by atoms with E-state index in [9.17, 15) is 13.6 Å². The molecule has 1 aromatic heterocycles. The highest BCUT2D eigenvalue weighted by Crippen LogP contribution is 2.17. The Balaban J connectivity index is 1.94. The molecule has 0 fully saturated rings. The largest absolute Gasteiger partial charge is 0.322 e. The summed E-state index contributed by atoms with van der Waals surface area (Å²) in [5.41, 5.74) is 0.765. The smallest absolute Gasteiger partial charge is 0.257 e. The predicted molar refractivity (Wildman–Crippen MR) is 73.5 cm³/mol. The van der Waals surface area contributed by atoms with Crippen LogP contribution in [0.1, 0.15) is 10.4 Å². The lowest BCUT2D eigenvalue weighted by atomic mass is 10.1. The van der Waals surface area contributed by atoms with E-state index in [2.05, 4.69) is 20.8 Å². The summed E-state index contributed by atoms with van der Waals surface area (Å²) < 4.78 is 27.6. The normalized spacial score (nSPS) is 10.5. The van der Waals surface area contributed by atoms with Gasteiger partial charge in [0, 0.05) is 5.69 Å². The minimum atomic E-state index is -0.568. The molecule has 0 unspecified atom stereocenters. The standard InChI is InChI=1S/C14H9F2N5O/c15-9-1-4-11(5-2-9)18-14(22)12-7-10(16)3-6-13(12)21-8-17-19-20-21/h1-8H,(H,18,22). The third kappa shape index (κ3) is 2.80. The first kappa shape index (κ1) is 13.8. The van der Waals surface area contributed by atoms with E-state index < -0.39 is 17.5 Å². The molecule has 110 valence electrons. The summed E-state index contributed by atoms with van der Waals surface area (Å²) in [7, 11) is 0. The van der Waals surface area contributed by atoms with Crippen LogP contribution >= 0.6 is 0 Å². The first-order valence-corrected chi connectivity index (χ1v) is 6.23. The highest BCUT2D eigenvalue weighted by molar-refractivity contribution is 6.06. The lowest BCUT2D eigenvalue weighted by Gasteiger charge is -2.09. The van der Waals surface area contributed by atoms with Gasteiger partial charge in [-0.3, -0.25) is 4.79 Å². The van der Waals surface area contributed by atoms with Gasteiger partial charge in [0.25, 0.3) is 5.91 Å². The molecule has 1 heterocycles. The number of hydrogen-bond donors (Lipinski definition) is 1. The second kappa shape index (κ2) is 5.68. The minimum Gasteiger partial charge on any atom is -0.322 e. The zero-order valence-corrected chi connectivity index (χ0v) is 11.1. The number of anilines is 1. The molecule has 2 aromatic carbocycles. The van der Waals surface area contributed by atoms with E-state index in [0.717, 1.165) is 6.07 Å². The van der Waals surface area contributed by atoms with Crippen LogP contribution in [-0.2, 0) is 0 Å². The van der Waals surface area contributed by atoms with E-state index in [-0.39, 0.29) is 5.56 Å². The number of tetrazole rings is 1. The van der Waals surface area contributed by atoms with Crippen molar-refractivity contribution >= 4 is 11.6 Å². The summed E-state index contributed by atoms with van der Waals surface area (Å²) >= 11 is 0. The zero-order valence-electron chi connectivity index (χ0n) is 11.1. The predicted octanol–water partition coefficient (Wildman–Crippen LogP) is 2.19. The van der Waals surface area contributed by atoms with E-state index in [4.69, 9.17) is 0 Å². The molecule has 8 heteroatoms. The third-order valence-corrected chi connectivity index (χ3v) is 2.90. The number of nitrogens with zero attached hydrogens (tertiary/aromatic N) is 4. The number of nitrogens with one attached hydrogen (secondary N) is 1. The first-order valence-electron chi connectivity index (χ1n) is 6.23. The monoisotopic (exact) mass is 301 g/mol. The molecule has 3 rings (SSSR count). The average molecular weight is 301 g/mol. The highest BCUT2D eigenvalue weighted by atomic mass is 19.1. The fourth-order valence-corrected chi connectivity index (χ4v) is 1.89. The average Bonchev–Trinajstić information content (AvgIpc) is 3.03. The van der Waals surface area contributed by atoms with Crippen molar-refractivity contribution in [2.75, 3.05) is 5.32 Å². The van der Waals surface area contributed by atoms with Gasteiger partial charge in [-0.25, -0.2) is 8.78 Å². The van der Waals surface area contributed by atoms with Crippen molar-refractivity contribution in [1.82, 2.24) is 20.2 Å².